The van der Waals surface area contributed by atoms with Crippen LogP contribution in [0.15, 0.2) is 60.7 Å². The zero-order valence-electron chi connectivity index (χ0n) is 21.3. The number of rotatable bonds is 8. The molecule has 35 heavy (non-hydrogen) atoms. The summed E-state index contributed by atoms with van der Waals surface area (Å²) < 4.78 is 5.33. The van der Waals surface area contributed by atoms with Gasteiger partial charge in [-0.25, -0.2) is 4.79 Å². The fraction of sp³-hybridized carbons (Fsp3) is 0.500. The topological polar surface area (TPSA) is 82.1 Å². The van der Waals surface area contributed by atoms with Crippen molar-refractivity contribution in [1.29, 1.82) is 0 Å². The summed E-state index contributed by atoms with van der Waals surface area (Å²) in [6, 6.07) is 19.5. The predicted molar refractivity (Wildman–Crippen MR) is 137 cm³/mol. The first-order chi connectivity index (χ1) is 16.7. The minimum Gasteiger partial charge on any atom is -0.444 e. The average Bonchev–Trinajstić information content (AvgIpc) is 2.82. The van der Waals surface area contributed by atoms with Crippen molar-refractivity contribution in [3.8, 4) is 0 Å². The molecular formula is C28H39N3O4. The van der Waals surface area contributed by atoms with Crippen molar-refractivity contribution in [3.05, 3.63) is 71.8 Å². The van der Waals surface area contributed by atoms with E-state index in [4.69, 9.17) is 4.74 Å². The van der Waals surface area contributed by atoms with Gasteiger partial charge in [-0.2, -0.15) is 0 Å². The number of benzene rings is 2. The number of hydrogen-bond acceptors (Lipinski definition) is 5. The molecule has 2 amide bonds. The molecule has 0 saturated carbocycles. The summed E-state index contributed by atoms with van der Waals surface area (Å²) in [5, 5.41) is 12.9. The van der Waals surface area contributed by atoms with E-state index in [1.165, 1.54) is 5.56 Å². The Kier molecular flexibility index (Phi) is 9.29. The maximum Gasteiger partial charge on any atom is 0.408 e. The molecule has 1 saturated heterocycles. The van der Waals surface area contributed by atoms with Gasteiger partial charge >= 0.3 is 6.09 Å². The van der Waals surface area contributed by atoms with Crippen molar-refractivity contribution < 1.29 is 19.4 Å². The molecule has 0 radical (unpaired) electrons. The van der Waals surface area contributed by atoms with Crippen molar-refractivity contribution in [2.24, 2.45) is 0 Å². The molecule has 7 heteroatoms. The third kappa shape index (κ3) is 8.08. The summed E-state index contributed by atoms with van der Waals surface area (Å²) >= 11 is 0. The van der Waals surface area contributed by atoms with E-state index in [-0.39, 0.29) is 24.6 Å². The quantitative estimate of drug-likeness (QED) is 0.605. The summed E-state index contributed by atoms with van der Waals surface area (Å²) in [6.07, 6.45) is 0.853. The van der Waals surface area contributed by atoms with Crippen LogP contribution >= 0.6 is 0 Å². The van der Waals surface area contributed by atoms with Gasteiger partial charge in [0.05, 0.1) is 6.61 Å². The van der Waals surface area contributed by atoms with Crippen molar-refractivity contribution in [2.75, 3.05) is 26.2 Å². The normalized spacial score (nSPS) is 18.5. The third-order valence-electron chi connectivity index (χ3n) is 6.26. The summed E-state index contributed by atoms with van der Waals surface area (Å²) in [5.74, 6) is -0.125. The van der Waals surface area contributed by atoms with Crippen LogP contribution in [0.1, 0.15) is 38.8 Å². The number of aliphatic hydroxyl groups excluding tert-OH is 1. The van der Waals surface area contributed by atoms with Crippen LogP contribution in [0.4, 0.5) is 4.79 Å². The number of nitrogens with one attached hydrogen (secondary N) is 1. The van der Waals surface area contributed by atoms with Gasteiger partial charge in [-0.15, -0.1) is 0 Å². The van der Waals surface area contributed by atoms with E-state index in [2.05, 4.69) is 34.5 Å². The van der Waals surface area contributed by atoms with Gasteiger partial charge in [0.15, 0.2) is 0 Å². The Morgan fingerprint density at radius 3 is 2.20 bits per heavy atom. The SMILES string of the molecule is C[C@@H](NC(=O)OC(C)(C)C)C(=O)N1CCN([C@@H](CO)Cc2ccccc2)C[C@H]1Cc1ccccc1. The molecule has 2 aromatic carbocycles. The van der Waals surface area contributed by atoms with E-state index in [1.807, 2.05) is 41.3 Å². The van der Waals surface area contributed by atoms with Gasteiger partial charge in [0.2, 0.25) is 5.91 Å². The number of nitrogens with zero attached hydrogens (tertiary/aromatic N) is 2. The number of amides is 2. The van der Waals surface area contributed by atoms with Gasteiger partial charge in [0, 0.05) is 31.7 Å². The fourth-order valence-electron chi connectivity index (χ4n) is 4.55. The molecule has 3 atom stereocenters. The molecule has 7 nitrogen and oxygen atoms in total. The van der Waals surface area contributed by atoms with Crippen LogP contribution in [0.2, 0.25) is 0 Å². The Labute approximate surface area is 209 Å². The van der Waals surface area contributed by atoms with Gasteiger partial charge in [-0.3, -0.25) is 9.69 Å². The van der Waals surface area contributed by atoms with Gasteiger partial charge in [-0.05, 0) is 51.7 Å². The number of carbonyl (C=O) groups is 2. The molecule has 190 valence electrons. The maximum absolute atomic E-state index is 13.4. The lowest BCUT2D eigenvalue weighted by Crippen LogP contribution is -2.62. The standard InChI is InChI=1S/C28H39N3O4/c1-21(29-27(34)35-28(2,3)4)26(33)31-16-15-30(19-24(31)17-22-11-7-5-8-12-22)25(20-32)18-23-13-9-6-10-14-23/h5-14,21,24-25,32H,15-20H2,1-4H3,(H,29,34)/t21-,24-,25-/m1/s1. The van der Waals surface area contributed by atoms with Crippen LogP contribution < -0.4 is 5.32 Å². The third-order valence-corrected chi connectivity index (χ3v) is 6.26. The number of alkyl carbamates (subject to hydrolysis) is 1. The van der Waals surface area contributed by atoms with Gasteiger partial charge < -0.3 is 20.1 Å². The number of aliphatic hydroxyl groups is 1. The number of hydrogen-bond donors (Lipinski definition) is 2. The van der Waals surface area contributed by atoms with Crippen LogP contribution in [-0.4, -0.2) is 76.9 Å². The first kappa shape index (κ1) is 26.7. The first-order valence-corrected chi connectivity index (χ1v) is 12.4. The van der Waals surface area contributed by atoms with Crippen molar-refractivity contribution in [3.63, 3.8) is 0 Å². The summed E-state index contributed by atoms with van der Waals surface area (Å²) in [4.78, 5) is 29.8. The summed E-state index contributed by atoms with van der Waals surface area (Å²) in [5.41, 5.74) is 1.69. The zero-order chi connectivity index (χ0) is 25.4. The summed E-state index contributed by atoms with van der Waals surface area (Å²) in [7, 11) is 0. The van der Waals surface area contributed by atoms with Crippen molar-refractivity contribution in [1.82, 2.24) is 15.1 Å². The lowest BCUT2D eigenvalue weighted by atomic mass is 9.98. The molecular weight excluding hydrogens is 442 g/mol. The van der Waals surface area contributed by atoms with Crippen LogP contribution in [0.25, 0.3) is 0 Å². The van der Waals surface area contributed by atoms with E-state index in [0.717, 1.165) is 12.0 Å². The molecule has 1 aliphatic heterocycles. The summed E-state index contributed by atoms with van der Waals surface area (Å²) in [6.45, 7) is 8.97. The van der Waals surface area contributed by atoms with Crippen molar-refractivity contribution >= 4 is 12.0 Å². The van der Waals surface area contributed by atoms with Gasteiger partial charge in [0.25, 0.3) is 0 Å². The van der Waals surface area contributed by atoms with Gasteiger partial charge in [-0.1, -0.05) is 60.7 Å². The van der Waals surface area contributed by atoms with Gasteiger partial charge in [0.1, 0.15) is 11.6 Å². The van der Waals surface area contributed by atoms with Crippen LogP contribution in [0.5, 0.6) is 0 Å². The highest BCUT2D eigenvalue weighted by molar-refractivity contribution is 5.85. The molecule has 0 aromatic heterocycles. The van der Waals surface area contributed by atoms with E-state index >= 15 is 0 Å². The van der Waals surface area contributed by atoms with Crippen LogP contribution in [0.3, 0.4) is 0 Å². The number of piperazine rings is 1. The second-order valence-electron chi connectivity index (χ2n) is 10.3. The molecule has 1 heterocycles. The van der Waals surface area contributed by atoms with Crippen molar-refractivity contribution in [2.45, 2.75) is 64.3 Å². The first-order valence-electron chi connectivity index (χ1n) is 12.4. The molecule has 1 fully saturated rings. The Bertz CT molecular complexity index is 946. The number of carbonyl (C=O) groups excluding carboxylic acids is 2. The molecule has 1 aliphatic rings. The Morgan fingerprint density at radius 1 is 1.03 bits per heavy atom. The number of ether oxygens (including phenoxy) is 1. The van der Waals surface area contributed by atoms with Crippen LogP contribution in [0, 0.1) is 0 Å². The molecule has 0 bridgehead atoms. The molecule has 0 aliphatic carbocycles. The molecule has 3 rings (SSSR count). The monoisotopic (exact) mass is 481 g/mol. The Morgan fingerprint density at radius 2 is 1.63 bits per heavy atom. The smallest absolute Gasteiger partial charge is 0.408 e. The maximum atomic E-state index is 13.4. The van der Waals surface area contributed by atoms with E-state index in [9.17, 15) is 14.7 Å². The highest BCUT2D eigenvalue weighted by Gasteiger charge is 2.35. The molecule has 2 aromatic rings. The minimum absolute atomic E-state index is 0.0229. The fourth-order valence-corrected chi connectivity index (χ4v) is 4.55. The second-order valence-corrected chi connectivity index (χ2v) is 10.3. The van der Waals surface area contributed by atoms with E-state index in [1.54, 1.807) is 27.7 Å². The molecule has 0 spiro atoms. The molecule has 0 unspecified atom stereocenters. The largest absolute Gasteiger partial charge is 0.444 e. The Hall–Kier alpha value is -2.90. The highest BCUT2D eigenvalue weighted by Crippen LogP contribution is 2.20. The average molecular weight is 482 g/mol. The van der Waals surface area contributed by atoms with E-state index in [0.29, 0.717) is 26.1 Å². The lowest BCUT2D eigenvalue weighted by molar-refractivity contribution is -0.138. The van der Waals surface area contributed by atoms with E-state index < -0.39 is 17.7 Å². The van der Waals surface area contributed by atoms with Crippen LogP contribution in [-0.2, 0) is 22.4 Å². The minimum atomic E-state index is -0.701. The molecule has 2 N–H and O–H groups in total. The second kappa shape index (κ2) is 12.2. The predicted octanol–water partition coefficient (Wildman–Crippen LogP) is 3.26. The Balaban J connectivity index is 1.73. The zero-order valence-corrected chi connectivity index (χ0v) is 21.3. The lowest BCUT2D eigenvalue weighted by Gasteiger charge is -2.45. The highest BCUT2D eigenvalue weighted by atomic mass is 16.6.